The minimum atomic E-state index is 0.915. The minimum Gasteiger partial charge on any atom is -0.313 e. The second-order valence-electron chi connectivity index (χ2n) is 5.10. The van der Waals surface area contributed by atoms with Crippen molar-refractivity contribution in [2.24, 2.45) is 4.40 Å². The Hall–Kier alpha value is -1.74. The zero-order valence-corrected chi connectivity index (χ0v) is 11.8. The lowest BCUT2D eigenvalue weighted by Crippen LogP contribution is -2.31. The molecule has 3 heteroatoms. The van der Waals surface area contributed by atoms with Gasteiger partial charge in [0.2, 0.25) is 0 Å². The summed E-state index contributed by atoms with van der Waals surface area (Å²) in [5.41, 5.74) is 7.86. The number of rotatable bonds is 0. The molecule has 0 aliphatic carbocycles. The van der Waals surface area contributed by atoms with E-state index in [2.05, 4.69) is 59.5 Å². The average Bonchev–Trinajstić information content (AvgIpc) is 2.91. The quantitative estimate of drug-likeness (QED) is 0.665. The Labute approximate surface area is 117 Å². The van der Waals surface area contributed by atoms with Crippen molar-refractivity contribution in [3.8, 4) is 11.1 Å². The van der Waals surface area contributed by atoms with E-state index in [-0.39, 0.29) is 0 Å². The predicted molar refractivity (Wildman–Crippen MR) is 82.8 cm³/mol. The molecule has 0 atom stereocenters. The molecule has 0 bridgehead atoms. The molecule has 4 rings (SSSR count). The van der Waals surface area contributed by atoms with Crippen LogP contribution in [0.1, 0.15) is 16.7 Å². The van der Waals surface area contributed by atoms with Crippen LogP contribution in [-0.4, -0.2) is 11.7 Å². The highest BCUT2D eigenvalue weighted by molar-refractivity contribution is 7.98. The number of hydrogen-bond acceptors (Lipinski definition) is 3. The van der Waals surface area contributed by atoms with Crippen molar-refractivity contribution in [3.05, 3.63) is 53.1 Å². The molecule has 19 heavy (non-hydrogen) atoms. The van der Waals surface area contributed by atoms with Gasteiger partial charge in [0, 0.05) is 11.1 Å². The number of aryl methyl sites for hydroxylation is 2. The minimum absolute atomic E-state index is 0.915. The number of anilines is 1. The lowest BCUT2D eigenvalue weighted by molar-refractivity contribution is 1.22. The fourth-order valence-corrected chi connectivity index (χ4v) is 3.55. The summed E-state index contributed by atoms with van der Waals surface area (Å²) in [6.07, 6.45) is 0. The Morgan fingerprint density at radius 1 is 1.00 bits per heavy atom. The molecule has 2 aliphatic heterocycles. The van der Waals surface area contributed by atoms with E-state index >= 15 is 0 Å². The third-order valence-corrected chi connectivity index (χ3v) is 4.63. The van der Waals surface area contributed by atoms with Crippen LogP contribution in [0.4, 0.5) is 5.69 Å². The molecule has 0 radical (unpaired) electrons. The smallest absolute Gasteiger partial charge is 0.149 e. The van der Waals surface area contributed by atoms with Crippen molar-refractivity contribution in [2.45, 2.75) is 13.8 Å². The maximum atomic E-state index is 4.63. The van der Waals surface area contributed by atoms with Gasteiger partial charge in [-0.1, -0.05) is 24.3 Å². The topological polar surface area (TPSA) is 15.6 Å². The predicted octanol–water partition coefficient (Wildman–Crippen LogP) is 4.16. The van der Waals surface area contributed by atoms with Crippen LogP contribution in [-0.2, 0) is 0 Å². The highest BCUT2D eigenvalue weighted by Crippen LogP contribution is 2.43. The van der Waals surface area contributed by atoms with E-state index in [1.807, 2.05) is 0 Å². The highest BCUT2D eigenvalue weighted by Gasteiger charge is 2.30. The highest BCUT2D eigenvalue weighted by atomic mass is 32.2. The van der Waals surface area contributed by atoms with Crippen LogP contribution in [0.3, 0.4) is 0 Å². The third-order valence-electron chi connectivity index (χ3n) is 3.95. The first-order chi connectivity index (χ1) is 9.25. The van der Waals surface area contributed by atoms with Gasteiger partial charge in [0.25, 0.3) is 0 Å². The fraction of sp³-hybridized carbons (Fsp3) is 0.188. The second kappa shape index (κ2) is 3.87. The van der Waals surface area contributed by atoms with Gasteiger partial charge in [-0.2, -0.15) is 4.40 Å². The van der Waals surface area contributed by atoms with Crippen LogP contribution in [0.5, 0.6) is 0 Å². The lowest BCUT2D eigenvalue weighted by atomic mass is 9.89. The summed E-state index contributed by atoms with van der Waals surface area (Å²) in [4.78, 5) is 2.32. The first kappa shape index (κ1) is 11.1. The van der Waals surface area contributed by atoms with Gasteiger partial charge in [0.05, 0.1) is 11.6 Å². The van der Waals surface area contributed by atoms with Gasteiger partial charge in [-0.05, 0) is 54.6 Å². The molecule has 0 amide bonds. The molecule has 2 aliphatic rings. The molecular formula is C16H14N2S. The van der Waals surface area contributed by atoms with Crippen molar-refractivity contribution in [3.63, 3.8) is 0 Å². The summed E-state index contributed by atoms with van der Waals surface area (Å²) >= 11 is 1.63. The molecule has 94 valence electrons. The van der Waals surface area contributed by atoms with Crippen molar-refractivity contribution in [2.75, 3.05) is 10.8 Å². The summed E-state index contributed by atoms with van der Waals surface area (Å²) in [7, 11) is 0. The van der Waals surface area contributed by atoms with Gasteiger partial charge in [0.15, 0.2) is 0 Å². The molecular weight excluding hydrogens is 252 g/mol. The van der Waals surface area contributed by atoms with E-state index in [1.54, 1.807) is 11.9 Å². The van der Waals surface area contributed by atoms with Gasteiger partial charge in [-0.3, -0.25) is 0 Å². The van der Waals surface area contributed by atoms with Crippen LogP contribution < -0.4 is 4.90 Å². The van der Waals surface area contributed by atoms with E-state index in [1.165, 1.54) is 33.5 Å². The Bertz CT molecular complexity index is 719. The van der Waals surface area contributed by atoms with Gasteiger partial charge in [0.1, 0.15) is 5.84 Å². The van der Waals surface area contributed by atoms with Gasteiger partial charge in [-0.25, -0.2) is 0 Å². The maximum Gasteiger partial charge on any atom is 0.149 e. The fourth-order valence-electron chi connectivity index (χ4n) is 2.80. The Morgan fingerprint density at radius 3 is 2.58 bits per heavy atom. The van der Waals surface area contributed by atoms with Crippen molar-refractivity contribution >= 4 is 23.5 Å². The van der Waals surface area contributed by atoms with Crippen LogP contribution >= 0.6 is 11.9 Å². The van der Waals surface area contributed by atoms with Crippen molar-refractivity contribution in [1.82, 2.24) is 0 Å². The average molecular weight is 266 g/mol. The number of amidine groups is 1. The van der Waals surface area contributed by atoms with Crippen LogP contribution in [0.25, 0.3) is 11.1 Å². The Balaban J connectivity index is 2.09. The molecule has 2 nitrogen and oxygen atoms in total. The van der Waals surface area contributed by atoms with Crippen LogP contribution in [0.2, 0.25) is 0 Å². The molecule has 0 spiro atoms. The molecule has 2 heterocycles. The number of para-hydroxylation sites is 1. The molecule has 0 fully saturated rings. The van der Waals surface area contributed by atoms with Crippen LogP contribution in [0.15, 0.2) is 40.8 Å². The monoisotopic (exact) mass is 266 g/mol. The SMILES string of the molecule is Cc1cc2c(cc1C)-c1ccccc1N1CSN=C21. The molecule has 0 saturated heterocycles. The van der Waals surface area contributed by atoms with Gasteiger partial charge >= 0.3 is 0 Å². The summed E-state index contributed by atoms with van der Waals surface area (Å²) in [5.74, 6) is 2.03. The molecule has 0 unspecified atom stereocenters. The van der Waals surface area contributed by atoms with E-state index in [0.29, 0.717) is 0 Å². The first-order valence-electron chi connectivity index (χ1n) is 6.44. The van der Waals surface area contributed by atoms with Gasteiger partial charge < -0.3 is 4.90 Å². The summed E-state index contributed by atoms with van der Waals surface area (Å²) in [6, 6.07) is 13.2. The standard InChI is InChI=1S/C16H14N2S/c1-10-7-13-12-5-3-4-6-15(12)18-9-19-17-16(18)14(13)8-11(10)2/h3-8H,9H2,1-2H3. The van der Waals surface area contributed by atoms with E-state index in [4.69, 9.17) is 0 Å². The summed E-state index contributed by atoms with van der Waals surface area (Å²) in [5, 5.41) is 0. The van der Waals surface area contributed by atoms with E-state index < -0.39 is 0 Å². The Kier molecular flexibility index (Phi) is 2.27. The Morgan fingerprint density at radius 2 is 1.74 bits per heavy atom. The van der Waals surface area contributed by atoms with Gasteiger partial charge in [-0.15, -0.1) is 0 Å². The number of hydrogen-bond donors (Lipinski definition) is 0. The largest absolute Gasteiger partial charge is 0.313 e. The van der Waals surface area contributed by atoms with E-state index in [9.17, 15) is 0 Å². The zero-order valence-electron chi connectivity index (χ0n) is 11.0. The third kappa shape index (κ3) is 1.48. The summed E-state index contributed by atoms with van der Waals surface area (Å²) < 4.78 is 4.63. The van der Waals surface area contributed by atoms with Crippen LogP contribution in [0, 0.1) is 13.8 Å². The summed E-state index contributed by atoms with van der Waals surface area (Å²) in [6.45, 7) is 4.35. The second-order valence-corrected chi connectivity index (χ2v) is 5.80. The number of nitrogens with zero attached hydrogens (tertiary/aromatic N) is 2. The lowest BCUT2D eigenvalue weighted by Gasteiger charge is -2.30. The molecule has 0 N–H and O–H groups in total. The number of fused-ring (bicyclic) bond motifs is 6. The van der Waals surface area contributed by atoms with E-state index in [0.717, 1.165) is 11.7 Å². The molecule has 0 aromatic heterocycles. The molecule has 2 aromatic carbocycles. The number of benzene rings is 2. The molecule has 0 saturated carbocycles. The normalized spacial score (nSPS) is 15.7. The van der Waals surface area contributed by atoms with Crippen molar-refractivity contribution in [1.29, 1.82) is 0 Å². The maximum absolute atomic E-state index is 4.63. The zero-order chi connectivity index (χ0) is 13.0. The molecule has 2 aromatic rings. The van der Waals surface area contributed by atoms with Crippen molar-refractivity contribution < 1.29 is 0 Å². The first-order valence-corrected chi connectivity index (χ1v) is 7.38.